The van der Waals surface area contributed by atoms with Crippen LogP contribution in [-0.4, -0.2) is 28.1 Å². The molecule has 2 unspecified atom stereocenters. The fourth-order valence-electron chi connectivity index (χ4n) is 2.78. The van der Waals surface area contributed by atoms with Gasteiger partial charge in [-0.3, -0.25) is 4.79 Å². The molecule has 1 heterocycles. The summed E-state index contributed by atoms with van der Waals surface area (Å²) in [5, 5.41) is 12.5. The van der Waals surface area contributed by atoms with E-state index in [0.29, 0.717) is 11.5 Å². The molecule has 104 valence electrons. The maximum Gasteiger partial charge on any atom is 0.253 e. The van der Waals surface area contributed by atoms with Gasteiger partial charge in [0.15, 0.2) is 0 Å². The second kappa shape index (κ2) is 5.65. The molecule has 5 heteroatoms. The second-order valence-corrected chi connectivity index (χ2v) is 5.46. The van der Waals surface area contributed by atoms with Gasteiger partial charge >= 0.3 is 0 Å². The van der Waals surface area contributed by atoms with Gasteiger partial charge in [0.05, 0.1) is 17.7 Å². The standard InChI is InChI=1S/C14H19FN2O2/c1-10-3-2-6-14(7-10,9-18)17-13(19)11-4-5-12(15)16-8-11/h4-5,8,10,18H,2-3,6-7,9H2,1H3,(H,17,19). The molecule has 1 aromatic heterocycles. The number of hydrogen-bond acceptors (Lipinski definition) is 3. The third-order valence-corrected chi connectivity index (χ3v) is 3.76. The van der Waals surface area contributed by atoms with Crippen LogP contribution >= 0.6 is 0 Å². The van der Waals surface area contributed by atoms with E-state index in [1.54, 1.807) is 0 Å². The minimum atomic E-state index is -0.611. The fourth-order valence-corrected chi connectivity index (χ4v) is 2.78. The largest absolute Gasteiger partial charge is 0.394 e. The molecule has 1 aliphatic carbocycles. The van der Waals surface area contributed by atoms with Crippen molar-refractivity contribution < 1.29 is 14.3 Å². The monoisotopic (exact) mass is 266 g/mol. The van der Waals surface area contributed by atoms with Crippen LogP contribution in [-0.2, 0) is 0 Å². The van der Waals surface area contributed by atoms with Crippen LogP contribution in [0.3, 0.4) is 0 Å². The quantitative estimate of drug-likeness (QED) is 0.821. The average molecular weight is 266 g/mol. The second-order valence-electron chi connectivity index (χ2n) is 5.46. The van der Waals surface area contributed by atoms with Crippen molar-refractivity contribution in [2.75, 3.05) is 6.61 Å². The Balaban J connectivity index is 2.09. The van der Waals surface area contributed by atoms with Crippen molar-refractivity contribution in [3.8, 4) is 0 Å². The summed E-state index contributed by atoms with van der Waals surface area (Å²) in [5.41, 5.74) is -0.240. The Labute approximate surface area is 112 Å². The molecular formula is C14H19FN2O2. The molecule has 0 radical (unpaired) electrons. The zero-order valence-corrected chi connectivity index (χ0v) is 11.0. The number of aliphatic hydroxyl groups excluding tert-OH is 1. The van der Waals surface area contributed by atoms with Crippen LogP contribution in [0.5, 0.6) is 0 Å². The first-order valence-corrected chi connectivity index (χ1v) is 6.60. The number of hydrogen-bond donors (Lipinski definition) is 2. The number of aromatic nitrogens is 1. The highest BCUT2D eigenvalue weighted by atomic mass is 19.1. The van der Waals surface area contributed by atoms with Crippen LogP contribution in [0.15, 0.2) is 18.3 Å². The van der Waals surface area contributed by atoms with E-state index >= 15 is 0 Å². The number of pyridine rings is 1. The molecule has 0 bridgehead atoms. The van der Waals surface area contributed by atoms with Crippen molar-refractivity contribution in [2.45, 2.75) is 38.1 Å². The molecule has 1 aliphatic rings. The van der Waals surface area contributed by atoms with Crippen molar-refractivity contribution in [1.82, 2.24) is 10.3 Å². The molecule has 1 amide bonds. The SMILES string of the molecule is CC1CCCC(CO)(NC(=O)c2ccc(F)nc2)C1. The number of nitrogens with zero attached hydrogens (tertiary/aromatic N) is 1. The number of amides is 1. The Morgan fingerprint density at radius 3 is 3.00 bits per heavy atom. The number of carbonyl (C=O) groups excluding carboxylic acids is 1. The molecule has 1 saturated carbocycles. The van der Waals surface area contributed by atoms with E-state index < -0.39 is 11.5 Å². The maximum absolute atomic E-state index is 12.7. The van der Waals surface area contributed by atoms with Crippen molar-refractivity contribution in [3.05, 3.63) is 29.8 Å². The summed E-state index contributed by atoms with van der Waals surface area (Å²) >= 11 is 0. The minimum absolute atomic E-state index is 0.0717. The van der Waals surface area contributed by atoms with Gasteiger partial charge in [-0.15, -0.1) is 0 Å². The van der Waals surface area contributed by atoms with Gasteiger partial charge in [0.1, 0.15) is 0 Å². The maximum atomic E-state index is 12.7. The van der Waals surface area contributed by atoms with Gasteiger partial charge in [0, 0.05) is 6.20 Å². The summed E-state index contributed by atoms with van der Waals surface area (Å²) in [5.74, 6) is -0.442. The summed E-state index contributed by atoms with van der Waals surface area (Å²) in [6, 6.07) is 2.55. The Kier molecular flexibility index (Phi) is 4.14. The molecule has 2 N–H and O–H groups in total. The smallest absolute Gasteiger partial charge is 0.253 e. The fraction of sp³-hybridized carbons (Fsp3) is 0.571. The summed E-state index contributed by atoms with van der Waals surface area (Å²) in [6.07, 6.45) is 4.86. The van der Waals surface area contributed by atoms with Crippen molar-refractivity contribution in [1.29, 1.82) is 0 Å². The number of halogens is 1. The number of nitrogens with one attached hydrogen (secondary N) is 1. The zero-order valence-electron chi connectivity index (χ0n) is 11.0. The average Bonchev–Trinajstić information content (AvgIpc) is 2.39. The summed E-state index contributed by atoms with van der Waals surface area (Å²) in [7, 11) is 0. The van der Waals surface area contributed by atoms with E-state index in [1.165, 1.54) is 12.3 Å². The van der Waals surface area contributed by atoms with Gasteiger partial charge in [-0.1, -0.05) is 19.8 Å². The molecular weight excluding hydrogens is 247 g/mol. The highest BCUT2D eigenvalue weighted by Gasteiger charge is 2.35. The molecule has 0 aromatic carbocycles. The summed E-state index contributed by atoms with van der Waals surface area (Å²) in [4.78, 5) is 15.6. The lowest BCUT2D eigenvalue weighted by Crippen LogP contribution is -2.53. The lowest BCUT2D eigenvalue weighted by Gasteiger charge is -2.39. The van der Waals surface area contributed by atoms with Crippen LogP contribution in [0.4, 0.5) is 4.39 Å². The molecule has 0 saturated heterocycles. The Morgan fingerprint density at radius 2 is 2.42 bits per heavy atom. The highest BCUT2D eigenvalue weighted by molar-refractivity contribution is 5.94. The van der Waals surface area contributed by atoms with E-state index in [2.05, 4.69) is 17.2 Å². The normalized spacial score (nSPS) is 27.0. The molecule has 0 aliphatic heterocycles. The van der Waals surface area contributed by atoms with E-state index in [9.17, 15) is 14.3 Å². The summed E-state index contributed by atoms with van der Waals surface area (Å²) in [6.45, 7) is 2.05. The Bertz CT molecular complexity index is 449. The number of aliphatic hydroxyl groups is 1. The van der Waals surface area contributed by atoms with Crippen LogP contribution in [0.2, 0.25) is 0 Å². The van der Waals surface area contributed by atoms with Crippen LogP contribution in [0, 0.1) is 11.9 Å². The van der Waals surface area contributed by atoms with Gasteiger partial charge in [-0.25, -0.2) is 4.98 Å². The molecule has 1 fully saturated rings. The first-order chi connectivity index (χ1) is 9.04. The molecule has 2 rings (SSSR count). The van der Waals surface area contributed by atoms with Crippen molar-refractivity contribution >= 4 is 5.91 Å². The topological polar surface area (TPSA) is 62.2 Å². The molecule has 2 atom stereocenters. The Hall–Kier alpha value is -1.49. The van der Waals surface area contributed by atoms with Crippen LogP contribution in [0.25, 0.3) is 0 Å². The van der Waals surface area contributed by atoms with Gasteiger partial charge in [0.25, 0.3) is 5.91 Å². The molecule has 19 heavy (non-hydrogen) atoms. The first kappa shape index (κ1) is 13.9. The number of rotatable bonds is 3. The first-order valence-electron chi connectivity index (χ1n) is 6.60. The van der Waals surface area contributed by atoms with Gasteiger partial charge in [0.2, 0.25) is 5.95 Å². The van der Waals surface area contributed by atoms with Crippen LogP contribution < -0.4 is 5.32 Å². The van der Waals surface area contributed by atoms with Crippen molar-refractivity contribution in [2.24, 2.45) is 5.92 Å². The van der Waals surface area contributed by atoms with Gasteiger partial charge < -0.3 is 10.4 Å². The van der Waals surface area contributed by atoms with E-state index in [1.807, 2.05) is 0 Å². The predicted molar refractivity (Wildman–Crippen MR) is 69.1 cm³/mol. The van der Waals surface area contributed by atoms with Crippen LogP contribution in [0.1, 0.15) is 43.0 Å². The lowest BCUT2D eigenvalue weighted by atomic mass is 9.76. The molecule has 0 spiro atoms. The van der Waals surface area contributed by atoms with E-state index in [-0.39, 0.29) is 12.5 Å². The predicted octanol–water partition coefficient (Wildman–Crippen LogP) is 1.89. The van der Waals surface area contributed by atoms with E-state index in [0.717, 1.165) is 31.7 Å². The highest BCUT2D eigenvalue weighted by Crippen LogP contribution is 2.32. The third kappa shape index (κ3) is 3.29. The van der Waals surface area contributed by atoms with Gasteiger partial charge in [-0.05, 0) is 30.9 Å². The molecule has 4 nitrogen and oxygen atoms in total. The molecule has 1 aromatic rings. The number of carbonyl (C=O) groups is 1. The lowest BCUT2D eigenvalue weighted by molar-refractivity contribution is 0.0696. The van der Waals surface area contributed by atoms with Crippen molar-refractivity contribution in [3.63, 3.8) is 0 Å². The summed E-state index contributed by atoms with van der Waals surface area (Å²) < 4.78 is 12.7. The Morgan fingerprint density at radius 1 is 1.63 bits per heavy atom. The van der Waals surface area contributed by atoms with Gasteiger partial charge in [-0.2, -0.15) is 4.39 Å². The zero-order chi connectivity index (χ0) is 13.9. The van der Waals surface area contributed by atoms with E-state index in [4.69, 9.17) is 0 Å². The minimum Gasteiger partial charge on any atom is -0.394 e. The third-order valence-electron chi connectivity index (χ3n) is 3.76.